The van der Waals surface area contributed by atoms with Crippen molar-refractivity contribution in [2.24, 2.45) is 0 Å². The molecular formula is C11H16ClNO2. The lowest BCUT2D eigenvalue weighted by Crippen LogP contribution is -2.18. The van der Waals surface area contributed by atoms with Crippen molar-refractivity contribution in [1.29, 1.82) is 0 Å². The highest BCUT2D eigenvalue weighted by Crippen LogP contribution is 2.32. The second-order valence-electron chi connectivity index (χ2n) is 3.36. The molecule has 0 saturated carbocycles. The van der Waals surface area contributed by atoms with E-state index in [9.17, 15) is 5.11 Å². The van der Waals surface area contributed by atoms with Gasteiger partial charge >= 0.3 is 0 Å². The Balaban J connectivity index is 3.17. The molecule has 0 aliphatic rings. The van der Waals surface area contributed by atoms with Crippen molar-refractivity contribution in [2.45, 2.75) is 13.0 Å². The molecule has 2 N–H and O–H groups in total. The monoisotopic (exact) mass is 229 g/mol. The molecule has 1 aromatic rings. The van der Waals surface area contributed by atoms with Crippen molar-refractivity contribution in [2.75, 3.05) is 20.7 Å². The van der Waals surface area contributed by atoms with Crippen molar-refractivity contribution in [3.8, 4) is 5.75 Å². The minimum Gasteiger partial charge on any atom is -0.496 e. The molecule has 1 atom stereocenters. The summed E-state index contributed by atoms with van der Waals surface area (Å²) in [5.41, 5.74) is 1.61. The van der Waals surface area contributed by atoms with Crippen molar-refractivity contribution in [1.82, 2.24) is 5.32 Å². The summed E-state index contributed by atoms with van der Waals surface area (Å²) in [5.74, 6) is 0.666. The van der Waals surface area contributed by atoms with E-state index < -0.39 is 6.10 Å². The van der Waals surface area contributed by atoms with Crippen LogP contribution in [0.2, 0.25) is 5.02 Å². The Morgan fingerprint density at radius 3 is 2.73 bits per heavy atom. The Hall–Kier alpha value is -0.770. The molecule has 1 unspecified atom stereocenters. The first-order valence-electron chi connectivity index (χ1n) is 4.77. The standard InChI is InChI=1S/C11H16ClNO2/c1-7-8(12)4-5-10(15-3)11(7)9(14)6-13-2/h4-5,9,13-14H,6H2,1-3H3. The average Bonchev–Trinajstić information content (AvgIpc) is 2.22. The Bertz CT molecular complexity index is 342. The zero-order valence-corrected chi connectivity index (χ0v) is 9.93. The Labute approximate surface area is 95.0 Å². The molecule has 84 valence electrons. The number of rotatable bonds is 4. The summed E-state index contributed by atoms with van der Waals surface area (Å²) in [6, 6.07) is 3.54. The van der Waals surface area contributed by atoms with Crippen LogP contribution < -0.4 is 10.1 Å². The molecule has 0 aliphatic heterocycles. The van der Waals surface area contributed by atoms with Crippen LogP contribution in [0.25, 0.3) is 0 Å². The first kappa shape index (κ1) is 12.3. The van der Waals surface area contributed by atoms with E-state index in [-0.39, 0.29) is 0 Å². The number of hydrogen-bond donors (Lipinski definition) is 2. The van der Waals surface area contributed by atoms with Gasteiger partial charge in [0.2, 0.25) is 0 Å². The van der Waals surface area contributed by atoms with E-state index in [1.807, 2.05) is 6.92 Å². The lowest BCUT2D eigenvalue weighted by atomic mass is 10.0. The van der Waals surface area contributed by atoms with Gasteiger partial charge in [0.05, 0.1) is 13.2 Å². The Morgan fingerprint density at radius 1 is 1.53 bits per heavy atom. The minimum atomic E-state index is -0.608. The minimum absolute atomic E-state index is 0.470. The SMILES string of the molecule is CNCC(O)c1c(OC)ccc(Cl)c1C. The van der Waals surface area contributed by atoms with Gasteiger partial charge in [-0.3, -0.25) is 0 Å². The van der Waals surface area contributed by atoms with Gasteiger partial charge in [-0.2, -0.15) is 0 Å². The predicted octanol–water partition coefficient (Wildman–Crippen LogP) is 1.91. The molecule has 0 aromatic heterocycles. The quantitative estimate of drug-likeness (QED) is 0.829. The molecule has 1 rings (SSSR count). The number of aliphatic hydroxyl groups is 1. The highest BCUT2D eigenvalue weighted by atomic mass is 35.5. The number of hydrogen-bond acceptors (Lipinski definition) is 3. The zero-order valence-electron chi connectivity index (χ0n) is 9.17. The lowest BCUT2D eigenvalue weighted by Gasteiger charge is -2.17. The third-order valence-corrected chi connectivity index (χ3v) is 2.77. The number of nitrogens with one attached hydrogen (secondary N) is 1. The summed E-state index contributed by atoms with van der Waals surface area (Å²) >= 11 is 6.00. The molecule has 0 fully saturated rings. The van der Waals surface area contributed by atoms with E-state index in [2.05, 4.69) is 5.32 Å². The topological polar surface area (TPSA) is 41.5 Å². The van der Waals surface area contributed by atoms with Gasteiger partial charge < -0.3 is 15.2 Å². The summed E-state index contributed by atoms with van der Waals surface area (Å²) in [6.07, 6.45) is -0.608. The van der Waals surface area contributed by atoms with Crippen molar-refractivity contribution >= 4 is 11.6 Å². The molecule has 0 spiro atoms. The van der Waals surface area contributed by atoms with Crippen molar-refractivity contribution < 1.29 is 9.84 Å². The molecule has 3 nitrogen and oxygen atoms in total. The first-order valence-corrected chi connectivity index (χ1v) is 5.15. The van der Waals surface area contributed by atoms with Gasteiger partial charge in [-0.05, 0) is 31.7 Å². The van der Waals surface area contributed by atoms with Crippen LogP contribution in [0.4, 0.5) is 0 Å². The maximum atomic E-state index is 9.94. The van der Waals surface area contributed by atoms with Crippen LogP contribution >= 0.6 is 11.6 Å². The largest absolute Gasteiger partial charge is 0.496 e. The molecule has 0 heterocycles. The second kappa shape index (κ2) is 5.35. The Morgan fingerprint density at radius 2 is 2.20 bits per heavy atom. The van der Waals surface area contributed by atoms with Crippen LogP contribution in [0.5, 0.6) is 5.75 Å². The number of methoxy groups -OCH3 is 1. The summed E-state index contributed by atoms with van der Waals surface area (Å²) in [7, 11) is 3.37. The molecule has 15 heavy (non-hydrogen) atoms. The van der Waals surface area contributed by atoms with Crippen LogP contribution in [0, 0.1) is 6.92 Å². The van der Waals surface area contributed by atoms with E-state index in [0.29, 0.717) is 17.3 Å². The highest BCUT2D eigenvalue weighted by Gasteiger charge is 2.17. The fourth-order valence-electron chi connectivity index (χ4n) is 1.56. The first-order chi connectivity index (χ1) is 7.11. The molecule has 0 radical (unpaired) electrons. The van der Waals surface area contributed by atoms with Crippen LogP contribution in [0.3, 0.4) is 0 Å². The van der Waals surface area contributed by atoms with Gasteiger partial charge in [-0.1, -0.05) is 11.6 Å². The second-order valence-corrected chi connectivity index (χ2v) is 3.77. The number of aliphatic hydroxyl groups excluding tert-OH is 1. The normalized spacial score (nSPS) is 12.6. The van der Waals surface area contributed by atoms with Gasteiger partial charge in [-0.25, -0.2) is 0 Å². The van der Waals surface area contributed by atoms with E-state index in [4.69, 9.17) is 16.3 Å². The van der Waals surface area contributed by atoms with E-state index in [1.54, 1.807) is 26.3 Å². The van der Waals surface area contributed by atoms with Crippen molar-refractivity contribution in [3.05, 3.63) is 28.3 Å². The highest BCUT2D eigenvalue weighted by molar-refractivity contribution is 6.31. The summed E-state index contributed by atoms with van der Waals surface area (Å²) in [5, 5.41) is 13.5. The summed E-state index contributed by atoms with van der Waals surface area (Å²) < 4.78 is 5.20. The zero-order chi connectivity index (χ0) is 11.4. The average molecular weight is 230 g/mol. The fourth-order valence-corrected chi connectivity index (χ4v) is 1.73. The maximum absolute atomic E-state index is 9.94. The van der Waals surface area contributed by atoms with Crippen LogP contribution in [-0.4, -0.2) is 25.8 Å². The number of ether oxygens (including phenoxy) is 1. The number of halogens is 1. The van der Waals surface area contributed by atoms with E-state index >= 15 is 0 Å². The lowest BCUT2D eigenvalue weighted by molar-refractivity contribution is 0.172. The van der Waals surface area contributed by atoms with Crippen molar-refractivity contribution in [3.63, 3.8) is 0 Å². The van der Waals surface area contributed by atoms with E-state index in [1.165, 1.54) is 0 Å². The maximum Gasteiger partial charge on any atom is 0.125 e. The molecular weight excluding hydrogens is 214 g/mol. The fraction of sp³-hybridized carbons (Fsp3) is 0.455. The third-order valence-electron chi connectivity index (χ3n) is 2.36. The van der Waals surface area contributed by atoms with Gasteiger partial charge in [-0.15, -0.1) is 0 Å². The van der Waals surface area contributed by atoms with E-state index in [0.717, 1.165) is 11.1 Å². The molecule has 1 aromatic carbocycles. The van der Waals surface area contributed by atoms with Crippen LogP contribution in [0.1, 0.15) is 17.2 Å². The molecule has 0 saturated heterocycles. The molecule has 4 heteroatoms. The van der Waals surface area contributed by atoms with Gasteiger partial charge in [0.15, 0.2) is 0 Å². The number of likely N-dealkylation sites (N-methyl/N-ethyl adjacent to an activating group) is 1. The predicted molar refractivity (Wildman–Crippen MR) is 61.6 cm³/mol. The molecule has 0 amide bonds. The molecule has 0 bridgehead atoms. The van der Waals surface area contributed by atoms with Gasteiger partial charge in [0.1, 0.15) is 5.75 Å². The third kappa shape index (κ3) is 2.62. The smallest absolute Gasteiger partial charge is 0.125 e. The van der Waals surface area contributed by atoms with Gasteiger partial charge in [0, 0.05) is 17.1 Å². The molecule has 0 aliphatic carbocycles. The Kier molecular flexibility index (Phi) is 4.39. The number of benzene rings is 1. The van der Waals surface area contributed by atoms with Crippen LogP contribution in [-0.2, 0) is 0 Å². The van der Waals surface area contributed by atoms with Crippen LogP contribution in [0.15, 0.2) is 12.1 Å². The summed E-state index contributed by atoms with van der Waals surface area (Å²) in [4.78, 5) is 0. The summed E-state index contributed by atoms with van der Waals surface area (Å²) in [6.45, 7) is 2.34. The van der Waals surface area contributed by atoms with Gasteiger partial charge in [0.25, 0.3) is 0 Å².